The molecule has 6 nitrogen and oxygen atoms in total. The van der Waals surface area contributed by atoms with Crippen LogP contribution in [0.1, 0.15) is 5.56 Å². The van der Waals surface area contributed by atoms with Gasteiger partial charge in [-0.15, -0.1) is 0 Å². The van der Waals surface area contributed by atoms with E-state index in [2.05, 4.69) is 5.32 Å². The number of amides is 1. The standard InChI is InChI=1S/C13H17F3N2O4S/c1-18(9-12(19)17-6-7-22-2)23(20,21)11-5-3-4-10(8-11)13(14,15)16/h3-5,8H,6-7,9H2,1-2H3,(H,17,19). The highest BCUT2D eigenvalue weighted by atomic mass is 32.2. The number of likely N-dealkylation sites (N-methyl/N-ethyl adjacent to an activating group) is 1. The SMILES string of the molecule is COCCNC(=O)CN(C)S(=O)(=O)c1cccc(C(F)(F)F)c1. The highest BCUT2D eigenvalue weighted by molar-refractivity contribution is 7.89. The summed E-state index contributed by atoms with van der Waals surface area (Å²) in [6.07, 6.45) is -4.65. The third kappa shape index (κ3) is 5.48. The Morgan fingerprint density at radius 1 is 1.35 bits per heavy atom. The molecule has 0 saturated heterocycles. The van der Waals surface area contributed by atoms with Crippen LogP contribution in [0, 0.1) is 0 Å². The van der Waals surface area contributed by atoms with E-state index in [1.54, 1.807) is 0 Å². The first-order valence-corrected chi connectivity index (χ1v) is 7.92. The Balaban J connectivity index is 2.88. The minimum Gasteiger partial charge on any atom is -0.383 e. The molecule has 23 heavy (non-hydrogen) atoms. The maximum Gasteiger partial charge on any atom is 0.416 e. The van der Waals surface area contributed by atoms with E-state index in [4.69, 9.17) is 4.74 Å². The van der Waals surface area contributed by atoms with Gasteiger partial charge in [0.15, 0.2) is 0 Å². The molecular weight excluding hydrogens is 337 g/mol. The lowest BCUT2D eigenvalue weighted by Gasteiger charge is -2.17. The van der Waals surface area contributed by atoms with Crippen molar-refractivity contribution in [1.82, 2.24) is 9.62 Å². The predicted octanol–water partition coefficient (Wildman–Crippen LogP) is 1.09. The first-order valence-electron chi connectivity index (χ1n) is 6.48. The van der Waals surface area contributed by atoms with Crippen molar-refractivity contribution in [2.24, 2.45) is 0 Å². The van der Waals surface area contributed by atoms with Crippen molar-refractivity contribution in [1.29, 1.82) is 0 Å². The zero-order chi connectivity index (χ0) is 17.7. The highest BCUT2D eigenvalue weighted by Gasteiger charge is 2.32. The number of halogens is 3. The number of alkyl halides is 3. The Hall–Kier alpha value is -1.65. The van der Waals surface area contributed by atoms with E-state index in [0.717, 1.165) is 25.2 Å². The van der Waals surface area contributed by atoms with Crippen molar-refractivity contribution < 1.29 is 31.1 Å². The summed E-state index contributed by atoms with van der Waals surface area (Å²) in [5.74, 6) is -0.583. The van der Waals surface area contributed by atoms with Crippen LogP contribution in [0.15, 0.2) is 29.2 Å². The summed E-state index contributed by atoms with van der Waals surface area (Å²) >= 11 is 0. The van der Waals surface area contributed by atoms with Crippen LogP contribution in [0.25, 0.3) is 0 Å². The van der Waals surface area contributed by atoms with Crippen LogP contribution in [-0.4, -0.2) is 52.5 Å². The van der Waals surface area contributed by atoms with Crippen molar-refractivity contribution >= 4 is 15.9 Å². The summed E-state index contributed by atoms with van der Waals surface area (Å²) in [5.41, 5.74) is -1.07. The van der Waals surface area contributed by atoms with Gasteiger partial charge >= 0.3 is 6.18 Å². The molecule has 0 unspecified atom stereocenters. The molecule has 1 rings (SSSR count). The Bertz CT molecular complexity index is 647. The molecule has 0 bridgehead atoms. The van der Waals surface area contributed by atoms with E-state index in [1.807, 2.05) is 0 Å². The molecule has 0 aliphatic rings. The summed E-state index contributed by atoms with van der Waals surface area (Å²) in [4.78, 5) is 11.1. The van der Waals surface area contributed by atoms with Gasteiger partial charge in [-0.3, -0.25) is 4.79 Å². The average Bonchev–Trinajstić information content (AvgIpc) is 2.46. The fourth-order valence-corrected chi connectivity index (χ4v) is 2.82. The Labute approximate surface area is 132 Å². The first-order chi connectivity index (χ1) is 10.6. The monoisotopic (exact) mass is 354 g/mol. The zero-order valence-electron chi connectivity index (χ0n) is 12.6. The lowest BCUT2D eigenvalue weighted by molar-refractivity contribution is -0.137. The lowest BCUT2D eigenvalue weighted by Crippen LogP contribution is -2.39. The average molecular weight is 354 g/mol. The maximum atomic E-state index is 12.7. The van der Waals surface area contributed by atoms with Crippen molar-refractivity contribution in [3.63, 3.8) is 0 Å². The number of hydrogen-bond acceptors (Lipinski definition) is 4. The minimum atomic E-state index is -4.65. The first kappa shape index (κ1) is 19.4. The van der Waals surface area contributed by atoms with Crippen molar-refractivity contribution in [2.75, 3.05) is 33.9 Å². The van der Waals surface area contributed by atoms with Crippen LogP contribution in [0.3, 0.4) is 0 Å². The highest BCUT2D eigenvalue weighted by Crippen LogP contribution is 2.30. The van der Waals surface area contributed by atoms with Gasteiger partial charge in [0, 0.05) is 20.7 Å². The molecule has 0 heterocycles. The second kappa shape index (κ2) is 7.75. The molecule has 0 aliphatic carbocycles. The molecular formula is C13H17F3N2O4S. The number of nitrogens with one attached hydrogen (secondary N) is 1. The summed E-state index contributed by atoms with van der Waals surface area (Å²) in [6, 6.07) is 3.36. The number of sulfonamides is 1. The van der Waals surface area contributed by atoms with Crippen LogP contribution in [-0.2, 0) is 25.7 Å². The van der Waals surface area contributed by atoms with Gasteiger partial charge in [0.1, 0.15) is 0 Å². The normalized spacial score (nSPS) is 12.4. The molecule has 0 radical (unpaired) electrons. The van der Waals surface area contributed by atoms with E-state index in [9.17, 15) is 26.4 Å². The van der Waals surface area contributed by atoms with Crippen LogP contribution in [0.5, 0.6) is 0 Å². The third-order valence-electron chi connectivity index (χ3n) is 2.86. The molecule has 0 fully saturated rings. The largest absolute Gasteiger partial charge is 0.416 e. The van der Waals surface area contributed by atoms with Crippen LogP contribution in [0.4, 0.5) is 13.2 Å². The van der Waals surface area contributed by atoms with Crippen molar-refractivity contribution in [3.8, 4) is 0 Å². The van der Waals surface area contributed by atoms with Gasteiger partial charge in [0.25, 0.3) is 0 Å². The van der Waals surface area contributed by atoms with E-state index < -0.39 is 39.1 Å². The Morgan fingerprint density at radius 3 is 2.57 bits per heavy atom. The third-order valence-corrected chi connectivity index (χ3v) is 4.66. The number of carbonyl (C=O) groups is 1. The summed E-state index contributed by atoms with van der Waals surface area (Å²) < 4.78 is 67.8. The zero-order valence-corrected chi connectivity index (χ0v) is 13.4. The molecule has 0 spiro atoms. The number of rotatable bonds is 7. The molecule has 0 atom stereocenters. The van der Waals surface area contributed by atoms with Crippen molar-refractivity contribution in [3.05, 3.63) is 29.8 Å². The number of ether oxygens (including phenoxy) is 1. The van der Waals surface area contributed by atoms with Crippen LogP contribution >= 0.6 is 0 Å². The molecule has 1 aromatic carbocycles. The van der Waals surface area contributed by atoms with E-state index in [-0.39, 0.29) is 13.2 Å². The summed E-state index contributed by atoms with van der Waals surface area (Å²) in [5, 5.41) is 2.42. The number of methoxy groups -OCH3 is 1. The van der Waals surface area contributed by atoms with Gasteiger partial charge in [-0.1, -0.05) is 6.07 Å². The van der Waals surface area contributed by atoms with Crippen LogP contribution in [0.2, 0.25) is 0 Å². The smallest absolute Gasteiger partial charge is 0.383 e. The quantitative estimate of drug-likeness (QED) is 0.744. The Kier molecular flexibility index (Phi) is 6.54. The second-order valence-electron chi connectivity index (χ2n) is 4.63. The molecule has 1 aromatic rings. The van der Waals surface area contributed by atoms with Crippen LogP contribution < -0.4 is 5.32 Å². The maximum absolute atomic E-state index is 12.7. The van der Waals surface area contributed by atoms with Gasteiger partial charge in [0.05, 0.1) is 23.6 Å². The minimum absolute atomic E-state index is 0.201. The molecule has 0 aliphatic heterocycles. The number of carbonyl (C=O) groups excluding carboxylic acids is 1. The van der Waals surface area contributed by atoms with E-state index in [0.29, 0.717) is 10.4 Å². The molecule has 0 aromatic heterocycles. The van der Waals surface area contributed by atoms with E-state index in [1.165, 1.54) is 7.11 Å². The van der Waals surface area contributed by atoms with Gasteiger partial charge in [0.2, 0.25) is 15.9 Å². The number of hydrogen-bond donors (Lipinski definition) is 1. The summed E-state index contributed by atoms with van der Waals surface area (Å²) in [6.45, 7) is -0.0507. The lowest BCUT2D eigenvalue weighted by atomic mass is 10.2. The Morgan fingerprint density at radius 2 is 2.00 bits per heavy atom. The molecule has 1 N–H and O–H groups in total. The van der Waals surface area contributed by atoms with Gasteiger partial charge in [-0.2, -0.15) is 17.5 Å². The fraction of sp³-hybridized carbons (Fsp3) is 0.462. The second-order valence-corrected chi connectivity index (χ2v) is 6.67. The molecule has 1 amide bonds. The van der Waals surface area contributed by atoms with Gasteiger partial charge < -0.3 is 10.1 Å². The molecule has 130 valence electrons. The van der Waals surface area contributed by atoms with Gasteiger partial charge in [-0.25, -0.2) is 8.42 Å². The molecule has 10 heteroatoms. The summed E-state index contributed by atoms with van der Waals surface area (Å²) in [7, 11) is -1.65. The topological polar surface area (TPSA) is 75.7 Å². The predicted molar refractivity (Wildman–Crippen MR) is 76.1 cm³/mol. The number of nitrogens with zero attached hydrogens (tertiary/aromatic N) is 1. The number of benzene rings is 1. The fourth-order valence-electron chi connectivity index (χ4n) is 1.65. The van der Waals surface area contributed by atoms with Gasteiger partial charge in [-0.05, 0) is 18.2 Å². The van der Waals surface area contributed by atoms with E-state index >= 15 is 0 Å². The molecule has 0 saturated carbocycles. The van der Waals surface area contributed by atoms with Crippen molar-refractivity contribution in [2.45, 2.75) is 11.1 Å².